The molecule has 0 spiro atoms. The molecule has 1 aliphatic rings. The summed E-state index contributed by atoms with van der Waals surface area (Å²) in [5.41, 5.74) is 0. The molecule has 1 fully saturated rings. The van der Waals surface area contributed by atoms with Crippen LogP contribution in [-0.2, 0) is 0 Å². The Morgan fingerprint density at radius 2 is 1.75 bits per heavy atom. The van der Waals surface area contributed by atoms with E-state index >= 15 is 0 Å². The minimum absolute atomic E-state index is 0. The summed E-state index contributed by atoms with van der Waals surface area (Å²) in [5.74, 6) is 2.05. The van der Waals surface area contributed by atoms with Gasteiger partial charge in [0, 0.05) is 0 Å². The molecule has 0 heterocycles. The molecule has 1 rings (SSSR count). The van der Waals surface area contributed by atoms with Gasteiger partial charge in [-0.1, -0.05) is 52.4 Å². The van der Waals surface area contributed by atoms with Crippen LogP contribution in [0.2, 0.25) is 0 Å². The van der Waals surface area contributed by atoms with Gasteiger partial charge in [-0.2, -0.15) is 0 Å². The molecule has 1 atom stereocenters. The Kier molecular flexibility index (Phi) is 6.45. The van der Waals surface area contributed by atoms with Crippen molar-refractivity contribution in [3.8, 4) is 0 Å². The Morgan fingerprint density at radius 1 is 1.17 bits per heavy atom. The molecule has 1 nitrogen and oxygen atoms in total. The third-order valence-electron chi connectivity index (χ3n) is 3.16. The molecular weight excluding hydrogens is 146 g/mol. The molecule has 1 heteroatoms. The zero-order valence-electron chi connectivity index (χ0n) is 8.81. The quantitative estimate of drug-likeness (QED) is 0.679. The van der Waals surface area contributed by atoms with Crippen molar-refractivity contribution in [3.63, 3.8) is 0 Å². The molecule has 0 aliphatic heterocycles. The summed E-state index contributed by atoms with van der Waals surface area (Å²) in [5, 5.41) is 0. The van der Waals surface area contributed by atoms with E-state index in [1.807, 2.05) is 0 Å². The van der Waals surface area contributed by atoms with E-state index in [-0.39, 0.29) is 6.15 Å². The first-order chi connectivity index (χ1) is 5.33. The predicted molar refractivity (Wildman–Crippen MR) is 55.7 cm³/mol. The third-order valence-corrected chi connectivity index (χ3v) is 3.16. The predicted octanol–water partition coefficient (Wildman–Crippen LogP) is 4.16. The van der Waals surface area contributed by atoms with Gasteiger partial charge in [-0.3, -0.25) is 0 Å². The van der Waals surface area contributed by atoms with Crippen molar-refractivity contribution in [2.75, 3.05) is 0 Å². The number of hydrogen-bond acceptors (Lipinski definition) is 1. The molecule has 12 heavy (non-hydrogen) atoms. The van der Waals surface area contributed by atoms with E-state index in [9.17, 15) is 0 Å². The van der Waals surface area contributed by atoms with Crippen molar-refractivity contribution in [2.24, 2.45) is 11.8 Å². The summed E-state index contributed by atoms with van der Waals surface area (Å²) in [7, 11) is 0. The normalized spacial score (nSPS) is 21.5. The molecule has 1 unspecified atom stereocenters. The largest absolute Gasteiger partial charge is 0.344 e. The van der Waals surface area contributed by atoms with Crippen LogP contribution in [-0.4, -0.2) is 0 Å². The topological polar surface area (TPSA) is 35.0 Å². The minimum atomic E-state index is 0. The highest BCUT2D eigenvalue weighted by atomic mass is 14.2. The van der Waals surface area contributed by atoms with Crippen LogP contribution < -0.4 is 6.15 Å². The smallest absolute Gasteiger partial charge is 0.0412 e. The maximum Gasteiger partial charge on any atom is -0.0412 e. The van der Waals surface area contributed by atoms with Gasteiger partial charge in [0.2, 0.25) is 0 Å². The van der Waals surface area contributed by atoms with Crippen LogP contribution in [0.15, 0.2) is 0 Å². The Balaban J connectivity index is 0.00000121. The van der Waals surface area contributed by atoms with Crippen LogP contribution in [0.25, 0.3) is 0 Å². The average molecular weight is 171 g/mol. The zero-order valence-corrected chi connectivity index (χ0v) is 8.81. The van der Waals surface area contributed by atoms with Crippen molar-refractivity contribution in [1.82, 2.24) is 6.15 Å². The van der Waals surface area contributed by atoms with E-state index < -0.39 is 0 Å². The van der Waals surface area contributed by atoms with Crippen LogP contribution in [0.5, 0.6) is 0 Å². The summed E-state index contributed by atoms with van der Waals surface area (Å²) in [6.45, 7) is 4.71. The second-order valence-electron chi connectivity index (χ2n) is 4.25. The Hall–Kier alpha value is -0.0400. The van der Waals surface area contributed by atoms with Crippen molar-refractivity contribution in [3.05, 3.63) is 0 Å². The van der Waals surface area contributed by atoms with Crippen molar-refractivity contribution < 1.29 is 0 Å². The summed E-state index contributed by atoms with van der Waals surface area (Å²) in [6, 6.07) is 0. The highest BCUT2D eigenvalue weighted by Crippen LogP contribution is 2.29. The van der Waals surface area contributed by atoms with E-state index in [0.717, 1.165) is 11.8 Å². The molecule has 74 valence electrons. The SMILES string of the molecule is CCC(C)CC1CCCCC1.N. The van der Waals surface area contributed by atoms with E-state index in [0.29, 0.717) is 0 Å². The van der Waals surface area contributed by atoms with E-state index in [2.05, 4.69) is 13.8 Å². The van der Waals surface area contributed by atoms with E-state index in [4.69, 9.17) is 0 Å². The van der Waals surface area contributed by atoms with Gasteiger partial charge in [0.05, 0.1) is 0 Å². The fraction of sp³-hybridized carbons (Fsp3) is 1.00. The highest BCUT2D eigenvalue weighted by Gasteiger charge is 2.14. The molecule has 3 N–H and O–H groups in total. The lowest BCUT2D eigenvalue weighted by molar-refractivity contribution is 0.293. The summed E-state index contributed by atoms with van der Waals surface area (Å²) >= 11 is 0. The Morgan fingerprint density at radius 3 is 2.25 bits per heavy atom. The van der Waals surface area contributed by atoms with Gasteiger partial charge in [-0.05, 0) is 18.3 Å². The molecule has 0 bridgehead atoms. The molecule has 1 saturated carbocycles. The first-order valence-corrected chi connectivity index (χ1v) is 5.33. The molecule has 0 aromatic rings. The molecule has 0 saturated heterocycles. The van der Waals surface area contributed by atoms with E-state index in [1.165, 1.54) is 44.9 Å². The summed E-state index contributed by atoms with van der Waals surface area (Å²) in [4.78, 5) is 0. The Bertz CT molecular complexity index is 95.2. The van der Waals surface area contributed by atoms with Crippen LogP contribution >= 0.6 is 0 Å². The van der Waals surface area contributed by atoms with Crippen LogP contribution in [0.3, 0.4) is 0 Å². The molecule has 1 aliphatic carbocycles. The molecule has 0 radical (unpaired) electrons. The molecule has 0 aromatic carbocycles. The van der Waals surface area contributed by atoms with Crippen LogP contribution in [0.1, 0.15) is 58.8 Å². The van der Waals surface area contributed by atoms with Gasteiger partial charge in [0.15, 0.2) is 0 Å². The van der Waals surface area contributed by atoms with Crippen molar-refractivity contribution >= 4 is 0 Å². The maximum absolute atomic E-state index is 2.40. The fourth-order valence-electron chi connectivity index (χ4n) is 2.16. The summed E-state index contributed by atoms with van der Waals surface area (Å²) in [6.07, 6.45) is 10.4. The molecule has 0 amide bonds. The van der Waals surface area contributed by atoms with Gasteiger partial charge in [0.25, 0.3) is 0 Å². The second-order valence-corrected chi connectivity index (χ2v) is 4.25. The lowest BCUT2D eigenvalue weighted by atomic mass is 9.83. The van der Waals surface area contributed by atoms with Gasteiger partial charge in [0.1, 0.15) is 0 Å². The van der Waals surface area contributed by atoms with Crippen LogP contribution in [0, 0.1) is 11.8 Å². The fourth-order valence-corrected chi connectivity index (χ4v) is 2.16. The van der Waals surface area contributed by atoms with Gasteiger partial charge in [-0.25, -0.2) is 0 Å². The monoisotopic (exact) mass is 171 g/mol. The number of rotatable bonds is 3. The second kappa shape index (κ2) is 6.47. The average Bonchev–Trinajstić information content (AvgIpc) is 2.06. The Labute approximate surface area is 77.5 Å². The van der Waals surface area contributed by atoms with Crippen molar-refractivity contribution in [1.29, 1.82) is 0 Å². The van der Waals surface area contributed by atoms with E-state index in [1.54, 1.807) is 0 Å². The first-order valence-electron chi connectivity index (χ1n) is 5.33. The van der Waals surface area contributed by atoms with Gasteiger partial charge < -0.3 is 6.15 Å². The van der Waals surface area contributed by atoms with Crippen molar-refractivity contribution in [2.45, 2.75) is 58.8 Å². The third kappa shape index (κ3) is 4.10. The highest BCUT2D eigenvalue weighted by molar-refractivity contribution is 4.67. The molecular formula is C11H25N. The lowest BCUT2D eigenvalue weighted by Crippen LogP contribution is -2.09. The zero-order chi connectivity index (χ0) is 8.10. The molecule has 0 aromatic heterocycles. The minimum Gasteiger partial charge on any atom is -0.344 e. The maximum atomic E-state index is 2.40. The number of hydrogen-bond donors (Lipinski definition) is 1. The lowest BCUT2D eigenvalue weighted by Gasteiger charge is -2.23. The van der Waals surface area contributed by atoms with Gasteiger partial charge >= 0.3 is 0 Å². The summed E-state index contributed by atoms with van der Waals surface area (Å²) < 4.78 is 0. The first kappa shape index (κ1) is 12.0. The van der Waals surface area contributed by atoms with Crippen LogP contribution in [0.4, 0.5) is 0 Å². The standard InChI is InChI=1S/C11H22.H3N/c1-3-10(2)9-11-7-5-4-6-8-11;/h10-11H,3-9H2,1-2H3;1H3. The van der Waals surface area contributed by atoms with Gasteiger partial charge in [-0.15, -0.1) is 0 Å².